The van der Waals surface area contributed by atoms with Crippen molar-refractivity contribution in [1.29, 1.82) is 0 Å². The number of nitrogens with one attached hydrogen (secondary N) is 1. The molecule has 5 nitrogen and oxygen atoms in total. The monoisotopic (exact) mass is 424 g/mol. The maximum atomic E-state index is 13.7. The third-order valence-electron chi connectivity index (χ3n) is 5.22. The predicted molar refractivity (Wildman–Crippen MR) is 128 cm³/mol. The average molecular weight is 425 g/mol. The lowest BCUT2D eigenvalue weighted by molar-refractivity contribution is 0.968. The van der Waals surface area contributed by atoms with Crippen LogP contribution < -0.4 is 10.9 Å². The summed E-state index contributed by atoms with van der Waals surface area (Å²) in [5.41, 5.74) is 4.19. The van der Waals surface area contributed by atoms with Crippen molar-refractivity contribution in [2.24, 2.45) is 0 Å². The molecule has 1 N–H and O–H groups in total. The minimum Gasteiger partial charge on any atom is -0.365 e. The molecule has 0 fully saturated rings. The maximum Gasteiger partial charge on any atom is 0.266 e. The van der Waals surface area contributed by atoms with Crippen molar-refractivity contribution in [2.75, 3.05) is 12.4 Å². The molecule has 0 aliphatic carbocycles. The summed E-state index contributed by atoms with van der Waals surface area (Å²) in [7, 11) is 1.85. The molecule has 0 aliphatic heterocycles. The molecular formula is C25H20N4OS. The predicted octanol–water partition coefficient (Wildman–Crippen LogP) is 5.53. The number of thiazole rings is 1. The number of nitrogens with zero attached hydrogens (tertiary/aromatic N) is 3. The molecule has 0 aliphatic rings. The highest BCUT2D eigenvalue weighted by Crippen LogP contribution is 2.39. The van der Waals surface area contributed by atoms with Gasteiger partial charge in [-0.25, -0.2) is 9.97 Å². The van der Waals surface area contributed by atoms with E-state index in [0.29, 0.717) is 16.7 Å². The van der Waals surface area contributed by atoms with Crippen molar-refractivity contribution in [2.45, 2.75) is 6.92 Å². The number of hydrogen-bond donors (Lipinski definition) is 1. The molecule has 0 amide bonds. The van der Waals surface area contributed by atoms with Gasteiger partial charge in [-0.05, 0) is 30.7 Å². The van der Waals surface area contributed by atoms with Crippen LogP contribution in [0.5, 0.6) is 0 Å². The first kappa shape index (κ1) is 19.2. The molecule has 0 bridgehead atoms. The SMILES string of the molecule is CNc1nc(-c2ccccc2)c(-c2nc3ccccc3c(=O)n2-c2ccccc2C)s1. The van der Waals surface area contributed by atoms with Crippen LogP contribution >= 0.6 is 11.3 Å². The molecule has 0 atom stereocenters. The Bertz CT molecular complexity index is 1450. The van der Waals surface area contributed by atoms with Crippen molar-refractivity contribution >= 4 is 27.4 Å². The van der Waals surface area contributed by atoms with E-state index in [1.165, 1.54) is 11.3 Å². The molecule has 6 heteroatoms. The van der Waals surface area contributed by atoms with Gasteiger partial charge in [-0.1, -0.05) is 72.0 Å². The molecule has 2 heterocycles. The number of anilines is 1. The highest BCUT2D eigenvalue weighted by molar-refractivity contribution is 7.19. The largest absolute Gasteiger partial charge is 0.365 e. The van der Waals surface area contributed by atoms with E-state index in [1.54, 1.807) is 4.57 Å². The second-order valence-corrected chi connectivity index (χ2v) is 8.19. The van der Waals surface area contributed by atoms with Crippen molar-refractivity contribution in [3.05, 3.63) is 94.8 Å². The Labute approximate surface area is 183 Å². The Morgan fingerprint density at radius 2 is 1.58 bits per heavy atom. The number of fused-ring (bicyclic) bond motifs is 1. The Morgan fingerprint density at radius 1 is 0.871 bits per heavy atom. The highest BCUT2D eigenvalue weighted by atomic mass is 32.1. The first-order chi connectivity index (χ1) is 15.2. The Hall–Kier alpha value is -3.77. The van der Waals surface area contributed by atoms with Gasteiger partial charge in [0.1, 0.15) is 4.88 Å². The van der Waals surface area contributed by atoms with Gasteiger partial charge >= 0.3 is 0 Å². The normalized spacial score (nSPS) is 11.0. The third-order valence-corrected chi connectivity index (χ3v) is 6.29. The van der Waals surface area contributed by atoms with E-state index in [0.717, 1.165) is 32.5 Å². The number of aromatic nitrogens is 3. The zero-order valence-electron chi connectivity index (χ0n) is 17.2. The summed E-state index contributed by atoms with van der Waals surface area (Å²) in [6, 6.07) is 25.4. The molecule has 0 saturated heterocycles. The fraction of sp³-hybridized carbons (Fsp3) is 0.0800. The standard InChI is InChI=1S/C25H20N4OS/c1-16-10-6-9-15-20(16)29-23(27-19-14-8-7-13-18(19)24(29)30)22-21(28-25(26-2)31-22)17-11-4-3-5-12-17/h3-15H,1-2H3,(H,26,28). The topological polar surface area (TPSA) is 59.8 Å². The summed E-state index contributed by atoms with van der Waals surface area (Å²) in [6.45, 7) is 2.00. The van der Waals surface area contributed by atoms with Gasteiger partial charge in [-0.2, -0.15) is 0 Å². The van der Waals surface area contributed by atoms with Gasteiger partial charge < -0.3 is 5.32 Å². The van der Waals surface area contributed by atoms with Crippen molar-refractivity contribution in [3.8, 4) is 27.6 Å². The maximum absolute atomic E-state index is 13.7. The molecule has 0 unspecified atom stereocenters. The summed E-state index contributed by atoms with van der Waals surface area (Å²) < 4.78 is 1.72. The van der Waals surface area contributed by atoms with Crippen LogP contribution in [0.25, 0.3) is 38.5 Å². The van der Waals surface area contributed by atoms with E-state index < -0.39 is 0 Å². The molecule has 5 aromatic rings. The summed E-state index contributed by atoms with van der Waals surface area (Å²) in [5.74, 6) is 0.593. The number of hydrogen-bond acceptors (Lipinski definition) is 5. The molecule has 31 heavy (non-hydrogen) atoms. The molecule has 3 aromatic carbocycles. The van der Waals surface area contributed by atoms with Gasteiger partial charge in [-0.15, -0.1) is 0 Å². The lowest BCUT2D eigenvalue weighted by Gasteiger charge is -2.15. The van der Waals surface area contributed by atoms with Gasteiger partial charge in [0.25, 0.3) is 5.56 Å². The Kier molecular flexibility index (Phi) is 4.84. The van der Waals surface area contributed by atoms with Gasteiger partial charge in [0.15, 0.2) is 11.0 Å². The molecule has 152 valence electrons. The van der Waals surface area contributed by atoms with E-state index >= 15 is 0 Å². The fourth-order valence-corrected chi connectivity index (χ4v) is 4.61. The fourth-order valence-electron chi connectivity index (χ4n) is 3.69. The summed E-state index contributed by atoms with van der Waals surface area (Å²) in [6.07, 6.45) is 0. The smallest absolute Gasteiger partial charge is 0.266 e. The molecule has 0 radical (unpaired) electrons. The molecule has 2 aromatic heterocycles. The second kappa shape index (κ2) is 7.81. The van der Waals surface area contributed by atoms with Crippen molar-refractivity contribution in [3.63, 3.8) is 0 Å². The Morgan fingerprint density at radius 3 is 2.35 bits per heavy atom. The lowest BCUT2D eigenvalue weighted by Crippen LogP contribution is -2.22. The van der Waals surface area contributed by atoms with Crippen LogP contribution in [0.4, 0.5) is 5.13 Å². The summed E-state index contributed by atoms with van der Waals surface area (Å²) in [4.78, 5) is 24.3. The molecular weight excluding hydrogens is 404 g/mol. The van der Waals surface area contributed by atoms with Crippen molar-refractivity contribution in [1.82, 2.24) is 14.5 Å². The Balaban J connectivity index is 1.90. The summed E-state index contributed by atoms with van der Waals surface area (Å²) in [5, 5.41) is 4.50. The van der Waals surface area contributed by atoms with Crippen LogP contribution in [0.1, 0.15) is 5.56 Å². The molecule has 0 saturated carbocycles. The van der Waals surface area contributed by atoms with Crippen LogP contribution in [0.2, 0.25) is 0 Å². The number of rotatable bonds is 4. The first-order valence-corrected chi connectivity index (χ1v) is 10.8. The van der Waals surface area contributed by atoms with E-state index in [2.05, 4.69) is 5.32 Å². The minimum atomic E-state index is -0.0895. The van der Waals surface area contributed by atoms with E-state index in [9.17, 15) is 4.79 Å². The molecule has 5 rings (SSSR count). The minimum absolute atomic E-state index is 0.0895. The lowest BCUT2D eigenvalue weighted by atomic mass is 10.1. The van der Waals surface area contributed by atoms with Gasteiger partial charge in [-0.3, -0.25) is 9.36 Å². The van der Waals surface area contributed by atoms with Gasteiger partial charge in [0.05, 0.1) is 22.3 Å². The van der Waals surface area contributed by atoms with Gasteiger partial charge in [0, 0.05) is 12.6 Å². The van der Waals surface area contributed by atoms with Crippen LogP contribution in [-0.2, 0) is 0 Å². The second-order valence-electron chi connectivity index (χ2n) is 7.19. The van der Waals surface area contributed by atoms with E-state index in [-0.39, 0.29) is 5.56 Å². The third kappa shape index (κ3) is 3.31. The zero-order chi connectivity index (χ0) is 21.4. The van der Waals surface area contributed by atoms with E-state index in [1.807, 2.05) is 92.8 Å². The quantitative estimate of drug-likeness (QED) is 0.412. The van der Waals surface area contributed by atoms with Crippen LogP contribution in [-0.4, -0.2) is 21.6 Å². The van der Waals surface area contributed by atoms with Crippen molar-refractivity contribution < 1.29 is 0 Å². The molecule has 0 spiro atoms. The van der Waals surface area contributed by atoms with Crippen LogP contribution in [0, 0.1) is 6.92 Å². The number of benzene rings is 3. The zero-order valence-corrected chi connectivity index (χ0v) is 18.0. The van der Waals surface area contributed by atoms with Gasteiger partial charge in [0.2, 0.25) is 0 Å². The first-order valence-electron chi connectivity index (χ1n) is 9.99. The summed E-state index contributed by atoms with van der Waals surface area (Å²) >= 11 is 1.49. The van der Waals surface area contributed by atoms with E-state index in [4.69, 9.17) is 9.97 Å². The van der Waals surface area contributed by atoms with Crippen LogP contribution in [0.3, 0.4) is 0 Å². The highest BCUT2D eigenvalue weighted by Gasteiger charge is 2.22. The number of aryl methyl sites for hydroxylation is 1. The van der Waals surface area contributed by atoms with Crippen LogP contribution in [0.15, 0.2) is 83.7 Å². The average Bonchev–Trinajstić information content (AvgIpc) is 3.25. The number of para-hydroxylation sites is 2.